The Kier molecular flexibility index (Phi) is 5.50. The number of ether oxygens (including phenoxy) is 1. The number of imidazole rings is 1. The predicted octanol–water partition coefficient (Wildman–Crippen LogP) is 0.557. The van der Waals surface area contributed by atoms with Crippen LogP contribution >= 0.6 is 0 Å². The number of carbonyl (C=O) groups excluding carboxylic acids is 2. The number of carbonyl (C=O) groups is 2. The standard InChI is InChI=1S/C20H22N6O3/c21-18(27)17-19-24-15(14-4-2-1-3-5-14)12-16(26(19)13-23-17)20(28)22-6-7-25-8-10-29-11-9-25/h1-5,12-13H,6-11H2,(H2,21,27)(H,22,28). The van der Waals surface area contributed by atoms with Crippen LogP contribution in [0.2, 0.25) is 0 Å². The largest absolute Gasteiger partial charge is 0.379 e. The third kappa shape index (κ3) is 4.10. The highest BCUT2D eigenvalue weighted by Gasteiger charge is 2.19. The van der Waals surface area contributed by atoms with Crippen LogP contribution in [0.5, 0.6) is 0 Å². The fraction of sp³-hybridized carbons (Fsp3) is 0.300. The molecule has 0 bridgehead atoms. The summed E-state index contributed by atoms with van der Waals surface area (Å²) < 4.78 is 6.83. The second kappa shape index (κ2) is 8.38. The minimum Gasteiger partial charge on any atom is -0.379 e. The van der Waals surface area contributed by atoms with Gasteiger partial charge >= 0.3 is 0 Å². The number of primary amides is 1. The highest BCUT2D eigenvalue weighted by atomic mass is 16.5. The lowest BCUT2D eigenvalue weighted by atomic mass is 10.1. The molecule has 0 saturated carbocycles. The van der Waals surface area contributed by atoms with Crippen molar-refractivity contribution in [2.45, 2.75) is 0 Å². The highest BCUT2D eigenvalue weighted by Crippen LogP contribution is 2.21. The summed E-state index contributed by atoms with van der Waals surface area (Å²) in [6.45, 7) is 4.38. The number of hydrogen-bond donors (Lipinski definition) is 2. The number of benzene rings is 1. The molecule has 9 nitrogen and oxygen atoms in total. The van der Waals surface area contributed by atoms with Crippen LogP contribution in [0.1, 0.15) is 21.0 Å². The maximum absolute atomic E-state index is 12.9. The average molecular weight is 394 g/mol. The van der Waals surface area contributed by atoms with Crippen LogP contribution < -0.4 is 11.1 Å². The predicted molar refractivity (Wildman–Crippen MR) is 107 cm³/mol. The molecule has 150 valence electrons. The van der Waals surface area contributed by atoms with Gasteiger partial charge in [-0.25, -0.2) is 9.97 Å². The summed E-state index contributed by atoms with van der Waals surface area (Å²) in [6.07, 6.45) is 1.40. The van der Waals surface area contributed by atoms with Crippen molar-refractivity contribution < 1.29 is 14.3 Å². The van der Waals surface area contributed by atoms with Gasteiger partial charge in [-0.3, -0.25) is 18.9 Å². The first-order valence-corrected chi connectivity index (χ1v) is 9.45. The minimum absolute atomic E-state index is 0.0325. The van der Waals surface area contributed by atoms with Gasteiger partial charge < -0.3 is 15.8 Å². The Hall–Kier alpha value is -3.30. The van der Waals surface area contributed by atoms with Gasteiger partial charge in [-0.2, -0.15) is 0 Å². The maximum Gasteiger partial charge on any atom is 0.271 e. The van der Waals surface area contributed by atoms with Crippen LogP contribution in [0, 0.1) is 0 Å². The molecule has 3 aromatic rings. The van der Waals surface area contributed by atoms with Gasteiger partial charge in [-0.1, -0.05) is 30.3 Å². The number of morpholine rings is 1. The molecule has 1 fully saturated rings. The monoisotopic (exact) mass is 394 g/mol. The second-order valence-electron chi connectivity index (χ2n) is 6.75. The zero-order chi connectivity index (χ0) is 20.2. The molecule has 4 rings (SSSR count). The van der Waals surface area contributed by atoms with E-state index in [2.05, 4.69) is 20.2 Å². The van der Waals surface area contributed by atoms with E-state index in [0.717, 1.165) is 25.2 Å². The molecule has 3 heterocycles. The third-order valence-corrected chi connectivity index (χ3v) is 4.85. The number of hydrogen-bond acceptors (Lipinski definition) is 6. The Bertz CT molecular complexity index is 1030. The third-order valence-electron chi connectivity index (χ3n) is 4.85. The highest BCUT2D eigenvalue weighted by molar-refractivity contribution is 5.99. The van der Waals surface area contributed by atoms with Crippen molar-refractivity contribution in [2.24, 2.45) is 5.73 Å². The summed E-state index contributed by atoms with van der Waals surface area (Å²) in [5.41, 5.74) is 7.46. The first-order valence-electron chi connectivity index (χ1n) is 9.45. The molecular formula is C20H22N6O3. The molecule has 1 aliphatic rings. The maximum atomic E-state index is 12.9. The van der Waals surface area contributed by atoms with Crippen molar-refractivity contribution in [3.8, 4) is 11.3 Å². The molecule has 0 atom stereocenters. The van der Waals surface area contributed by atoms with Crippen LogP contribution in [0.3, 0.4) is 0 Å². The first-order chi connectivity index (χ1) is 14.1. The van der Waals surface area contributed by atoms with Gasteiger partial charge in [0.1, 0.15) is 12.0 Å². The zero-order valence-electron chi connectivity index (χ0n) is 15.9. The van der Waals surface area contributed by atoms with E-state index in [1.54, 1.807) is 6.07 Å². The molecule has 0 aliphatic carbocycles. The van der Waals surface area contributed by atoms with Crippen molar-refractivity contribution in [1.29, 1.82) is 0 Å². The molecule has 0 radical (unpaired) electrons. The Morgan fingerprint density at radius 2 is 1.93 bits per heavy atom. The summed E-state index contributed by atoms with van der Waals surface area (Å²) in [4.78, 5) is 35.5. The summed E-state index contributed by atoms with van der Waals surface area (Å²) in [7, 11) is 0. The van der Waals surface area contributed by atoms with Gasteiger partial charge in [0.15, 0.2) is 11.3 Å². The van der Waals surface area contributed by atoms with Crippen LogP contribution in [-0.2, 0) is 4.74 Å². The topological polar surface area (TPSA) is 115 Å². The summed E-state index contributed by atoms with van der Waals surface area (Å²) in [6, 6.07) is 11.1. The fourth-order valence-corrected chi connectivity index (χ4v) is 3.32. The van der Waals surface area contributed by atoms with Crippen LogP contribution in [-0.4, -0.2) is 70.5 Å². The molecular weight excluding hydrogens is 372 g/mol. The molecule has 2 amide bonds. The van der Waals surface area contributed by atoms with Crippen molar-refractivity contribution in [3.05, 3.63) is 54.1 Å². The van der Waals surface area contributed by atoms with Crippen LogP contribution in [0.25, 0.3) is 16.9 Å². The molecule has 0 spiro atoms. The number of nitrogens with two attached hydrogens (primary N) is 1. The number of fused-ring (bicyclic) bond motifs is 1. The van der Waals surface area contributed by atoms with E-state index >= 15 is 0 Å². The van der Waals surface area contributed by atoms with Crippen LogP contribution in [0.4, 0.5) is 0 Å². The smallest absolute Gasteiger partial charge is 0.271 e. The van der Waals surface area contributed by atoms with E-state index in [9.17, 15) is 9.59 Å². The van der Waals surface area contributed by atoms with Crippen molar-refractivity contribution in [2.75, 3.05) is 39.4 Å². The van der Waals surface area contributed by atoms with Gasteiger partial charge in [-0.05, 0) is 6.07 Å². The molecule has 1 aromatic carbocycles. The number of aromatic nitrogens is 3. The lowest BCUT2D eigenvalue weighted by molar-refractivity contribution is 0.0383. The lowest BCUT2D eigenvalue weighted by Gasteiger charge is -2.26. The van der Waals surface area contributed by atoms with Crippen molar-refractivity contribution >= 4 is 17.5 Å². The van der Waals surface area contributed by atoms with Gasteiger partial charge in [0.25, 0.3) is 11.8 Å². The van der Waals surface area contributed by atoms with E-state index in [1.807, 2.05) is 30.3 Å². The Morgan fingerprint density at radius 1 is 1.17 bits per heavy atom. The van der Waals surface area contributed by atoms with E-state index < -0.39 is 5.91 Å². The number of rotatable bonds is 6. The SMILES string of the molecule is NC(=O)c1ncn2c(C(=O)NCCN3CCOCC3)cc(-c3ccccc3)nc12. The summed E-state index contributed by atoms with van der Waals surface area (Å²) in [5.74, 6) is -0.958. The Morgan fingerprint density at radius 3 is 2.66 bits per heavy atom. The first kappa shape index (κ1) is 19.0. The van der Waals surface area contributed by atoms with E-state index in [4.69, 9.17) is 10.5 Å². The molecule has 1 aliphatic heterocycles. The quantitative estimate of drug-likeness (QED) is 0.631. The van der Waals surface area contributed by atoms with E-state index in [1.165, 1.54) is 10.7 Å². The molecule has 9 heteroatoms. The Balaban J connectivity index is 1.63. The summed E-state index contributed by atoms with van der Waals surface area (Å²) >= 11 is 0. The van der Waals surface area contributed by atoms with E-state index in [-0.39, 0.29) is 17.2 Å². The minimum atomic E-state index is -0.691. The number of nitrogens with zero attached hydrogens (tertiary/aromatic N) is 4. The molecule has 0 unspecified atom stereocenters. The van der Waals surface area contributed by atoms with Gasteiger partial charge in [-0.15, -0.1) is 0 Å². The van der Waals surface area contributed by atoms with Gasteiger partial charge in [0.2, 0.25) is 0 Å². The number of nitrogens with one attached hydrogen (secondary N) is 1. The molecule has 29 heavy (non-hydrogen) atoms. The van der Waals surface area contributed by atoms with Crippen molar-refractivity contribution in [1.82, 2.24) is 24.6 Å². The average Bonchev–Trinajstić information content (AvgIpc) is 3.19. The van der Waals surface area contributed by atoms with Gasteiger partial charge in [0, 0.05) is 31.7 Å². The zero-order valence-corrected chi connectivity index (χ0v) is 15.9. The van der Waals surface area contributed by atoms with Crippen LogP contribution in [0.15, 0.2) is 42.7 Å². The van der Waals surface area contributed by atoms with Crippen molar-refractivity contribution in [3.63, 3.8) is 0 Å². The second-order valence-corrected chi connectivity index (χ2v) is 6.75. The molecule has 1 saturated heterocycles. The molecule has 2 aromatic heterocycles. The summed E-state index contributed by atoms with van der Waals surface area (Å²) in [5, 5.41) is 2.94. The Labute approximate surface area is 167 Å². The molecule has 3 N–H and O–H groups in total. The number of amides is 2. The fourth-order valence-electron chi connectivity index (χ4n) is 3.32. The lowest BCUT2D eigenvalue weighted by Crippen LogP contribution is -2.41. The van der Waals surface area contributed by atoms with Gasteiger partial charge in [0.05, 0.1) is 18.9 Å². The normalized spacial score (nSPS) is 14.8. The van der Waals surface area contributed by atoms with E-state index in [0.29, 0.717) is 31.1 Å².